The molecule has 6 heteroatoms. The predicted octanol–water partition coefficient (Wildman–Crippen LogP) is 7.95. The average Bonchev–Trinajstić information content (AvgIpc) is 3.43. The summed E-state index contributed by atoms with van der Waals surface area (Å²) in [4.78, 5) is 0. The monoisotopic (exact) mass is 644 g/mol. The Morgan fingerprint density at radius 1 is 0.479 bits per heavy atom. The molecule has 0 N–H and O–H groups in total. The van der Waals surface area contributed by atoms with E-state index in [9.17, 15) is 0 Å². The van der Waals surface area contributed by atoms with Gasteiger partial charge in [-0.2, -0.15) is 0 Å². The zero-order valence-corrected chi connectivity index (χ0v) is 27.3. The zero-order valence-electron chi connectivity index (χ0n) is 27.3. The van der Waals surface area contributed by atoms with E-state index < -0.39 is 24.1 Å². The van der Waals surface area contributed by atoms with Gasteiger partial charge in [0.05, 0.1) is 39.6 Å². The fourth-order valence-corrected chi connectivity index (χ4v) is 5.92. The maximum Gasteiger partial charge on any atom is 0.222 e. The Hall–Kier alpha value is -4.14. The standard InChI is InChI=1S/C42H44O6/c1-6-16-34(17-7-1)26-27-47-42(33-44-29-36-20-10-3-11-21-36)41(46-31-38-24-14-5-15-25-38)40(45-30-37-22-12-4-13-23-37)39(48-42)32-43-28-35-18-8-2-9-19-35/h1-25,39-41H,26-33H2/t39-,40-,41+,42?/m1/s1. The minimum Gasteiger partial charge on any atom is -0.374 e. The molecule has 6 rings (SSSR count). The lowest BCUT2D eigenvalue weighted by molar-refractivity contribution is -0.292. The first-order chi connectivity index (χ1) is 23.8. The van der Waals surface area contributed by atoms with E-state index in [4.69, 9.17) is 28.4 Å². The van der Waals surface area contributed by atoms with Crippen LogP contribution >= 0.6 is 0 Å². The molecule has 0 bridgehead atoms. The lowest BCUT2D eigenvalue weighted by Gasteiger charge is -2.35. The summed E-state index contributed by atoms with van der Waals surface area (Å²) in [6.45, 7) is 2.46. The highest BCUT2D eigenvalue weighted by Crippen LogP contribution is 2.39. The zero-order chi connectivity index (χ0) is 32.7. The first-order valence-electron chi connectivity index (χ1n) is 16.7. The van der Waals surface area contributed by atoms with Crippen LogP contribution in [0.5, 0.6) is 0 Å². The van der Waals surface area contributed by atoms with Gasteiger partial charge >= 0.3 is 0 Å². The Kier molecular flexibility index (Phi) is 12.6. The Morgan fingerprint density at radius 3 is 1.44 bits per heavy atom. The van der Waals surface area contributed by atoms with Gasteiger partial charge in [-0.25, -0.2) is 0 Å². The summed E-state index contributed by atoms with van der Waals surface area (Å²) in [6.07, 6.45) is -0.879. The van der Waals surface area contributed by atoms with Crippen molar-refractivity contribution in [2.75, 3.05) is 19.8 Å². The van der Waals surface area contributed by atoms with Crippen LogP contribution in [0.15, 0.2) is 152 Å². The summed E-state index contributed by atoms with van der Waals surface area (Å²) >= 11 is 0. The van der Waals surface area contributed by atoms with Crippen LogP contribution in [-0.4, -0.2) is 43.9 Å². The van der Waals surface area contributed by atoms with Crippen molar-refractivity contribution < 1.29 is 28.4 Å². The van der Waals surface area contributed by atoms with Crippen molar-refractivity contribution in [2.24, 2.45) is 0 Å². The number of benzene rings is 5. The van der Waals surface area contributed by atoms with Crippen LogP contribution in [-0.2, 0) is 61.3 Å². The van der Waals surface area contributed by atoms with E-state index in [1.165, 1.54) is 5.56 Å². The number of hydrogen-bond acceptors (Lipinski definition) is 6. The summed E-state index contributed by atoms with van der Waals surface area (Å²) in [5, 5.41) is 0. The molecule has 0 saturated carbocycles. The molecule has 1 heterocycles. The molecular weight excluding hydrogens is 600 g/mol. The topological polar surface area (TPSA) is 55.4 Å². The molecule has 248 valence electrons. The minimum absolute atomic E-state index is 0.149. The molecule has 1 saturated heterocycles. The molecule has 1 fully saturated rings. The van der Waals surface area contributed by atoms with Gasteiger partial charge in [-0.1, -0.05) is 152 Å². The van der Waals surface area contributed by atoms with E-state index in [0.717, 1.165) is 22.3 Å². The van der Waals surface area contributed by atoms with Gasteiger partial charge < -0.3 is 28.4 Å². The van der Waals surface area contributed by atoms with Crippen molar-refractivity contribution in [1.29, 1.82) is 0 Å². The summed E-state index contributed by atoms with van der Waals surface area (Å²) in [6, 6.07) is 50.9. The first kappa shape index (κ1) is 33.7. The van der Waals surface area contributed by atoms with Crippen molar-refractivity contribution in [3.05, 3.63) is 179 Å². The second kappa shape index (κ2) is 17.9. The largest absolute Gasteiger partial charge is 0.374 e. The summed E-state index contributed by atoms with van der Waals surface area (Å²) < 4.78 is 39.9. The molecule has 6 nitrogen and oxygen atoms in total. The molecular formula is C42H44O6. The highest BCUT2D eigenvalue weighted by atomic mass is 16.8. The molecule has 0 aliphatic carbocycles. The van der Waals surface area contributed by atoms with E-state index >= 15 is 0 Å². The SMILES string of the molecule is c1ccc(CCOC2(COCc3ccccc3)O[C@H](COCc3ccccc3)[C@@H](OCc3ccccc3)[C@@H]2OCc2ccccc2)cc1. The average molecular weight is 645 g/mol. The summed E-state index contributed by atoms with van der Waals surface area (Å²) in [5.41, 5.74) is 5.44. The molecule has 0 amide bonds. The maximum absolute atomic E-state index is 6.94. The number of hydrogen-bond donors (Lipinski definition) is 0. The second-order valence-corrected chi connectivity index (χ2v) is 12.0. The van der Waals surface area contributed by atoms with Gasteiger partial charge in [0.25, 0.3) is 0 Å². The number of rotatable bonds is 18. The van der Waals surface area contributed by atoms with Crippen LogP contribution in [0.2, 0.25) is 0 Å². The third kappa shape index (κ3) is 9.70. The van der Waals surface area contributed by atoms with Crippen LogP contribution in [0.25, 0.3) is 0 Å². The molecule has 0 spiro atoms. The predicted molar refractivity (Wildman–Crippen MR) is 186 cm³/mol. The van der Waals surface area contributed by atoms with Gasteiger partial charge in [-0.3, -0.25) is 0 Å². The van der Waals surface area contributed by atoms with E-state index in [-0.39, 0.29) is 6.61 Å². The molecule has 48 heavy (non-hydrogen) atoms. The fraction of sp³-hybridized carbons (Fsp3) is 0.286. The van der Waals surface area contributed by atoms with E-state index in [0.29, 0.717) is 46.1 Å². The van der Waals surface area contributed by atoms with Crippen molar-refractivity contribution in [2.45, 2.75) is 56.9 Å². The summed E-state index contributed by atoms with van der Waals surface area (Å²) in [7, 11) is 0. The fourth-order valence-electron chi connectivity index (χ4n) is 5.92. The highest BCUT2D eigenvalue weighted by molar-refractivity contribution is 5.17. The van der Waals surface area contributed by atoms with Crippen LogP contribution in [0, 0.1) is 0 Å². The molecule has 0 aromatic heterocycles. The molecule has 0 radical (unpaired) electrons. The van der Waals surface area contributed by atoms with Gasteiger partial charge in [-0.15, -0.1) is 0 Å². The smallest absolute Gasteiger partial charge is 0.222 e. The first-order valence-corrected chi connectivity index (χ1v) is 16.7. The molecule has 1 aliphatic heterocycles. The third-order valence-corrected chi connectivity index (χ3v) is 8.40. The molecule has 1 aliphatic rings. The van der Waals surface area contributed by atoms with E-state index in [1.54, 1.807) is 0 Å². The van der Waals surface area contributed by atoms with Crippen LogP contribution in [0.3, 0.4) is 0 Å². The second-order valence-electron chi connectivity index (χ2n) is 12.0. The van der Waals surface area contributed by atoms with Gasteiger partial charge in [0.2, 0.25) is 5.79 Å². The Morgan fingerprint density at radius 2 is 0.917 bits per heavy atom. The van der Waals surface area contributed by atoms with Crippen molar-refractivity contribution in [3.63, 3.8) is 0 Å². The number of ether oxygens (including phenoxy) is 6. The Bertz CT molecular complexity index is 1540. The van der Waals surface area contributed by atoms with Crippen LogP contribution in [0.1, 0.15) is 27.8 Å². The Labute approximate surface area is 284 Å². The quantitative estimate of drug-likeness (QED) is 0.0966. The van der Waals surface area contributed by atoms with E-state index in [1.807, 2.05) is 103 Å². The minimum atomic E-state index is -1.25. The van der Waals surface area contributed by atoms with Crippen LogP contribution in [0.4, 0.5) is 0 Å². The van der Waals surface area contributed by atoms with Crippen molar-refractivity contribution >= 4 is 0 Å². The lowest BCUT2D eigenvalue weighted by atomic mass is 10.0. The van der Waals surface area contributed by atoms with E-state index in [2.05, 4.69) is 48.5 Å². The van der Waals surface area contributed by atoms with Crippen molar-refractivity contribution in [3.8, 4) is 0 Å². The van der Waals surface area contributed by atoms with Gasteiger partial charge in [0, 0.05) is 0 Å². The van der Waals surface area contributed by atoms with Gasteiger partial charge in [0.1, 0.15) is 24.9 Å². The molecule has 1 unspecified atom stereocenters. The maximum atomic E-state index is 6.94. The normalized spacial score (nSPS) is 20.5. The molecule has 4 atom stereocenters. The summed E-state index contributed by atoms with van der Waals surface area (Å²) in [5.74, 6) is -1.25. The molecule has 5 aromatic carbocycles. The van der Waals surface area contributed by atoms with Crippen LogP contribution < -0.4 is 0 Å². The van der Waals surface area contributed by atoms with Gasteiger partial charge in [-0.05, 0) is 34.2 Å². The van der Waals surface area contributed by atoms with Gasteiger partial charge in [0.15, 0.2) is 0 Å². The highest BCUT2D eigenvalue weighted by Gasteiger charge is 2.58. The Balaban J connectivity index is 1.28. The third-order valence-electron chi connectivity index (χ3n) is 8.40. The molecule has 5 aromatic rings. The van der Waals surface area contributed by atoms with Crippen molar-refractivity contribution in [1.82, 2.24) is 0 Å². The lowest BCUT2D eigenvalue weighted by Crippen LogP contribution is -2.51.